The highest BCUT2D eigenvalue weighted by atomic mass is 32.1. The molecule has 0 aliphatic carbocycles. The predicted octanol–water partition coefficient (Wildman–Crippen LogP) is -10.6. The highest BCUT2D eigenvalue weighted by Crippen LogP contribution is 2.21. The van der Waals surface area contributed by atoms with Crippen molar-refractivity contribution >= 4 is 145 Å². The summed E-state index contributed by atoms with van der Waals surface area (Å²) in [6.45, 7) is -1.74. The molecule has 39 nitrogen and oxygen atoms in total. The Bertz CT molecular complexity index is 3170. The van der Waals surface area contributed by atoms with Crippen molar-refractivity contribution in [1.29, 1.82) is 0 Å². The highest BCUT2D eigenvalue weighted by Gasteiger charge is 2.41. The lowest BCUT2D eigenvalue weighted by atomic mass is 10.0. The third kappa shape index (κ3) is 28.7. The molecule has 1 aliphatic rings. The molecule has 548 valence electrons. The van der Waals surface area contributed by atoms with Crippen LogP contribution in [0.5, 0.6) is 5.75 Å². The molecule has 0 spiro atoms. The number of H-pyrrole nitrogens is 1. The smallest absolute Gasteiger partial charge is 0.327 e. The molecule has 12 atom stereocenters. The summed E-state index contributed by atoms with van der Waals surface area (Å²) in [5, 5.41) is 67.2. The van der Waals surface area contributed by atoms with Crippen molar-refractivity contribution in [2.24, 2.45) is 27.9 Å². The number of likely N-dealkylation sites (tertiary alicyclic amines) is 1. The number of aliphatic imine (C=N–C) groups is 1. The van der Waals surface area contributed by atoms with E-state index in [4.69, 9.17) is 22.9 Å². The minimum atomic E-state index is -1.89. The Kier molecular flexibility index (Phi) is 36.7. The number of hydrogen-bond acceptors (Lipinski definition) is 25. The molecule has 0 bridgehead atoms. The second-order valence-electron chi connectivity index (χ2n) is 22.1. The number of rotatable bonds is 43. The van der Waals surface area contributed by atoms with Gasteiger partial charge < -0.3 is 117 Å². The molecule has 2 heterocycles. The number of aromatic amines is 1. The lowest BCUT2D eigenvalue weighted by molar-refractivity contribution is -0.142. The molecule has 1 saturated heterocycles. The first-order valence-electron chi connectivity index (χ1n) is 30.5. The second-order valence-corrected chi connectivity index (χ2v) is 23.6. The number of nitrogens with zero attached hydrogens (tertiary/aromatic N) is 3. The summed E-state index contributed by atoms with van der Waals surface area (Å²) in [5.41, 5.74) is 22.3. The van der Waals surface area contributed by atoms with E-state index in [2.05, 4.69) is 129 Å². The van der Waals surface area contributed by atoms with Crippen LogP contribution in [0.3, 0.4) is 0 Å². The number of phenols is 1. The number of primary amides is 1. The van der Waals surface area contributed by atoms with Crippen LogP contribution in [-0.4, -0.2) is 265 Å². The van der Waals surface area contributed by atoms with Gasteiger partial charge in [0.1, 0.15) is 78.3 Å². The van der Waals surface area contributed by atoms with Gasteiger partial charge in [0, 0.05) is 67.4 Å². The molecule has 43 heteroatoms. The van der Waals surface area contributed by atoms with Gasteiger partial charge in [0.05, 0.1) is 32.4 Å². The predicted molar refractivity (Wildman–Crippen MR) is 363 cm³/mol. The van der Waals surface area contributed by atoms with E-state index in [-0.39, 0.29) is 79.9 Å². The lowest BCUT2D eigenvalue weighted by Crippen LogP contribution is -2.61. The summed E-state index contributed by atoms with van der Waals surface area (Å²) in [6.07, 6.45) is 1.37. The van der Waals surface area contributed by atoms with Gasteiger partial charge in [0.2, 0.25) is 82.7 Å². The molecule has 0 unspecified atom stereocenters. The number of aromatic hydroxyl groups is 1. The van der Waals surface area contributed by atoms with Crippen LogP contribution >= 0.6 is 50.5 Å². The molecule has 1 aromatic carbocycles. The fourth-order valence-electron chi connectivity index (χ4n) is 9.31. The van der Waals surface area contributed by atoms with Gasteiger partial charge in [-0.3, -0.25) is 72.1 Å². The number of aliphatic carboxylic acids is 1. The van der Waals surface area contributed by atoms with Crippen LogP contribution in [0.2, 0.25) is 0 Å². The Morgan fingerprint density at radius 3 is 1.64 bits per heavy atom. The molecule has 2 aromatic rings. The summed E-state index contributed by atoms with van der Waals surface area (Å²) >= 11 is 16.4. The van der Waals surface area contributed by atoms with Gasteiger partial charge in [-0.05, 0) is 56.7 Å². The number of thiol groups is 4. The van der Waals surface area contributed by atoms with E-state index < -0.39 is 200 Å². The second kappa shape index (κ2) is 43.3. The van der Waals surface area contributed by atoms with Crippen molar-refractivity contribution in [3.63, 3.8) is 0 Å². The maximum Gasteiger partial charge on any atom is 0.327 e. The van der Waals surface area contributed by atoms with E-state index in [0.29, 0.717) is 17.7 Å². The third-order valence-electron chi connectivity index (χ3n) is 14.6. The van der Waals surface area contributed by atoms with Crippen molar-refractivity contribution in [1.82, 2.24) is 78.7 Å². The van der Waals surface area contributed by atoms with Gasteiger partial charge in [-0.2, -0.15) is 50.5 Å². The zero-order valence-electron chi connectivity index (χ0n) is 53.5. The minimum absolute atomic E-state index is 0.0147. The Morgan fingerprint density at radius 2 is 1.10 bits per heavy atom. The molecule has 25 N–H and O–H groups in total. The van der Waals surface area contributed by atoms with Crippen molar-refractivity contribution < 1.29 is 92.3 Å². The van der Waals surface area contributed by atoms with E-state index in [1.165, 1.54) is 48.6 Å². The summed E-state index contributed by atoms with van der Waals surface area (Å²) in [5.74, 6) is -16.9. The van der Waals surface area contributed by atoms with Gasteiger partial charge in [-0.1, -0.05) is 12.1 Å². The van der Waals surface area contributed by atoms with Crippen LogP contribution in [0.15, 0.2) is 41.8 Å². The zero-order valence-corrected chi connectivity index (χ0v) is 57.1. The van der Waals surface area contributed by atoms with Crippen LogP contribution < -0.4 is 86.7 Å². The van der Waals surface area contributed by atoms with Gasteiger partial charge in [-0.25, -0.2) is 9.78 Å². The molecule has 1 aromatic heterocycles. The van der Waals surface area contributed by atoms with Crippen molar-refractivity contribution in [3.8, 4) is 5.75 Å². The Hall–Kier alpha value is -9.17. The third-order valence-corrected chi connectivity index (χ3v) is 16.0. The number of aromatic nitrogens is 2. The molecule has 0 saturated carbocycles. The number of guanidine groups is 1. The number of amides is 14. The van der Waals surface area contributed by atoms with Crippen LogP contribution in [0.4, 0.5) is 0 Å². The minimum Gasteiger partial charge on any atom is -0.508 e. The highest BCUT2D eigenvalue weighted by molar-refractivity contribution is 7.80. The quantitative estimate of drug-likeness (QED) is 0.0127. The van der Waals surface area contributed by atoms with Gasteiger partial charge in [-0.15, -0.1) is 0 Å². The van der Waals surface area contributed by atoms with Gasteiger partial charge >= 0.3 is 5.97 Å². The molecular formula is C56H86N20O19S4. The summed E-state index contributed by atoms with van der Waals surface area (Å²) in [6, 6.07) is -12.8. The molecule has 0 radical (unpaired) electrons. The van der Waals surface area contributed by atoms with E-state index in [1.54, 1.807) is 0 Å². The van der Waals surface area contributed by atoms with E-state index in [1.807, 2.05) is 0 Å². The number of imidazole rings is 1. The number of aliphatic hydroxyl groups excluding tert-OH is 2. The summed E-state index contributed by atoms with van der Waals surface area (Å²) in [4.78, 5) is 211. The molecule has 99 heavy (non-hydrogen) atoms. The van der Waals surface area contributed by atoms with E-state index in [0.717, 1.165) is 0 Å². The number of benzene rings is 1. The van der Waals surface area contributed by atoms with Crippen LogP contribution in [-0.2, 0) is 84.8 Å². The number of phenolic OH excluding ortho intramolecular Hbond substituents is 1. The van der Waals surface area contributed by atoms with Crippen LogP contribution in [0.1, 0.15) is 56.7 Å². The average molecular weight is 1470 g/mol. The van der Waals surface area contributed by atoms with Gasteiger partial charge in [0.25, 0.3) is 0 Å². The monoisotopic (exact) mass is 1470 g/mol. The Morgan fingerprint density at radius 1 is 0.606 bits per heavy atom. The fraction of sp³-hybridized carbons (Fsp3) is 0.554. The SMILES string of the molecule is C[C@H](NC(=O)[C@@H]1CCCN1C(=O)[C@H](Cc1cnc[nH]1)NC(=O)[C@H](CS)NC(=O)[C@H](CS)NC(=O)[C@H](CCCN=C(N)N)NC(=O)CN)C(=O)N[C@@H](CS)C(=O)NCC(=O)N[C@@H](CCO)C(=O)N[C@@H](CC(N)=O)C(=O)N[C@@H](Cc1ccc(O)cc1)C(=O)N[C@@H](CO)C(=O)N[C@@H](CS)C(=O)O. The number of carboxylic acid groups (broad SMARTS) is 1. The topological polar surface area (TPSA) is 630 Å². The fourth-order valence-corrected chi connectivity index (χ4v) is 10.3. The molecule has 1 aliphatic heterocycles. The number of carboxylic acids is 1. The zero-order chi connectivity index (χ0) is 74.1. The normalized spacial score (nSPS) is 15.8. The number of nitrogens with two attached hydrogens (primary N) is 4. The summed E-state index contributed by atoms with van der Waals surface area (Å²) in [7, 11) is 0. The standard InChI is InChI=1S/C56H86N20O19S4/c1-26(65-53(92)40-5-3-12-76(40)54(93)34(15-28-18-61-25-64-28)70-51(90)37(22-97)74-52(91)38(23-98)73-46(85)30(66-42(81)17-57)4-2-11-62-56(59)60)44(83)72-36(21-96)45(84)63-19-43(82)67-31(10-13-77)47(86)69-33(16-41(58)80)49(88)68-32(14-27-6-8-29(79)9-7-27)48(87)71-35(20-78)50(89)75-39(24-99)55(94)95/h6-9,18,25-26,30-40,77-79,96-99H,2-5,10-17,19-24,57H2,1H3,(H2,58,80)(H,61,64)(H,63,84)(H,65,92)(H,66,81)(H,67,82)(H,68,88)(H,69,86)(H,70,90)(H,71,87)(H,72,83)(H,73,85)(H,74,91)(H,75,89)(H,94,95)(H4,59,60,62)/t26-,30-,31-,32-,33-,34-,35-,36-,37-,38-,39-,40-/m0/s1. The van der Waals surface area contributed by atoms with Crippen molar-refractivity contribution in [3.05, 3.63) is 48.0 Å². The summed E-state index contributed by atoms with van der Waals surface area (Å²) < 4.78 is 0. The molecule has 3 rings (SSSR count). The van der Waals surface area contributed by atoms with Gasteiger partial charge in [0.15, 0.2) is 5.96 Å². The first-order chi connectivity index (χ1) is 46.9. The Balaban J connectivity index is 1.68. The Labute approximate surface area is 588 Å². The number of carbonyl (C=O) groups excluding carboxylic acids is 14. The largest absolute Gasteiger partial charge is 0.508 e. The molecular weight excluding hydrogens is 1390 g/mol. The van der Waals surface area contributed by atoms with Crippen molar-refractivity contribution in [2.75, 3.05) is 62.4 Å². The number of hydrogen-bond donors (Lipinski definition) is 25. The van der Waals surface area contributed by atoms with Crippen LogP contribution in [0, 0.1) is 0 Å². The van der Waals surface area contributed by atoms with Crippen molar-refractivity contribution in [2.45, 2.75) is 131 Å². The first-order valence-corrected chi connectivity index (χ1v) is 33.0. The van der Waals surface area contributed by atoms with E-state index in [9.17, 15) is 92.3 Å². The van der Waals surface area contributed by atoms with E-state index >= 15 is 0 Å². The first kappa shape index (κ1) is 84.1. The number of carbonyl (C=O) groups is 15. The molecule has 1 fully saturated rings. The number of nitrogens with one attached hydrogen (secondary N) is 13. The maximum atomic E-state index is 14.4. The lowest BCUT2D eigenvalue weighted by Gasteiger charge is -2.30. The molecule has 14 amide bonds. The van der Waals surface area contributed by atoms with Crippen LogP contribution in [0.25, 0.3) is 0 Å². The average Bonchev–Trinajstić information content (AvgIpc) is 1.75. The maximum absolute atomic E-state index is 14.4. The number of aliphatic hydroxyl groups is 2.